The van der Waals surface area contributed by atoms with Crippen molar-refractivity contribution in [2.75, 3.05) is 19.0 Å². The lowest BCUT2D eigenvalue weighted by molar-refractivity contribution is -0.142. The lowest BCUT2D eigenvalue weighted by Gasteiger charge is -2.37. The van der Waals surface area contributed by atoms with Crippen LogP contribution in [0.4, 0.5) is 5.69 Å². The summed E-state index contributed by atoms with van der Waals surface area (Å²) in [7, 11) is 1.58. The number of aliphatic hydroxyl groups excluding tert-OH is 1. The molecule has 3 aromatic carbocycles. The van der Waals surface area contributed by atoms with Gasteiger partial charge in [0, 0.05) is 17.5 Å². The minimum Gasteiger partial charge on any atom is -0.497 e. The van der Waals surface area contributed by atoms with Crippen LogP contribution in [-0.2, 0) is 27.3 Å². The van der Waals surface area contributed by atoms with Crippen LogP contribution in [-0.4, -0.2) is 63.5 Å². The molecule has 42 heavy (non-hydrogen) atoms. The monoisotopic (exact) mass is 585 g/mol. The zero-order valence-electron chi connectivity index (χ0n) is 23.4. The number of likely N-dealkylation sites (tertiary alicyclic amines) is 1. The van der Waals surface area contributed by atoms with Gasteiger partial charge < -0.3 is 25.4 Å². The molecule has 3 saturated heterocycles. The van der Waals surface area contributed by atoms with E-state index in [1.165, 1.54) is 0 Å². The number of amides is 3. The molecule has 3 aromatic rings. The molecule has 0 radical (unpaired) electrons. The van der Waals surface area contributed by atoms with Gasteiger partial charge in [-0.25, -0.2) is 0 Å². The van der Waals surface area contributed by atoms with Gasteiger partial charge in [0.1, 0.15) is 11.8 Å². The van der Waals surface area contributed by atoms with Gasteiger partial charge in [-0.2, -0.15) is 0 Å². The van der Waals surface area contributed by atoms with Crippen molar-refractivity contribution in [1.29, 1.82) is 0 Å². The number of anilines is 1. The van der Waals surface area contributed by atoms with E-state index >= 15 is 0 Å². The summed E-state index contributed by atoms with van der Waals surface area (Å²) in [6.45, 7) is 0.0779. The van der Waals surface area contributed by atoms with E-state index in [0.29, 0.717) is 30.8 Å². The fourth-order valence-corrected chi connectivity index (χ4v) is 9.21. The van der Waals surface area contributed by atoms with Crippen LogP contribution >= 0.6 is 11.8 Å². The predicted molar refractivity (Wildman–Crippen MR) is 162 cm³/mol. The summed E-state index contributed by atoms with van der Waals surface area (Å²) >= 11 is 1.62. The van der Waals surface area contributed by atoms with Gasteiger partial charge in [-0.3, -0.25) is 14.4 Å². The highest BCUT2D eigenvalue weighted by atomic mass is 32.2. The first-order valence-corrected chi connectivity index (χ1v) is 15.2. The Kier molecular flexibility index (Phi) is 7.96. The lowest BCUT2D eigenvalue weighted by atomic mass is 9.70. The molecular weight excluding hydrogens is 550 g/mol. The Bertz CT molecular complexity index is 1440. The van der Waals surface area contributed by atoms with Crippen molar-refractivity contribution in [1.82, 2.24) is 10.2 Å². The van der Waals surface area contributed by atoms with Crippen LogP contribution in [0.5, 0.6) is 5.75 Å². The average Bonchev–Trinajstić information content (AvgIpc) is 3.67. The average molecular weight is 586 g/mol. The van der Waals surface area contributed by atoms with E-state index < -0.39 is 28.7 Å². The van der Waals surface area contributed by atoms with E-state index in [1.807, 2.05) is 60.7 Å². The van der Waals surface area contributed by atoms with Gasteiger partial charge in [-0.15, -0.1) is 11.8 Å². The molecule has 3 heterocycles. The Morgan fingerprint density at radius 2 is 1.67 bits per heavy atom. The van der Waals surface area contributed by atoms with Crippen molar-refractivity contribution in [3.63, 3.8) is 0 Å². The number of fused-ring (bicyclic) bond motifs is 1. The number of aliphatic hydroxyl groups is 1. The Hall–Kier alpha value is -3.82. The molecule has 1 spiro atoms. The number of nitrogens with zero attached hydrogens (tertiary/aromatic N) is 1. The molecule has 3 aliphatic heterocycles. The summed E-state index contributed by atoms with van der Waals surface area (Å²) in [4.78, 5) is 43.9. The first-order chi connectivity index (χ1) is 20.4. The zero-order valence-corrected chi connectivity index (χ0v) is 24.3. The van der Waals surface area contributed by atoms with Crippen LogP contribution in [0, 0.1) is 11.8 Å². The Balaban J connectivity index is 1.32. The maximum absolute atomic E-state index is 14.4. The second-order valence-corrected chi connectivity index (χ2v) is 12.8. The number of methoxy groups -OCH3 is 1. The van der Waals surface area contributed by atoms with Gasteiger partial charge in [0.2, 0.25) is 17.7 Å². The number of carbonyl (C=O) groups is 3. The number of rotatable bonds is 10. The quantitative estimate of drug-likeness (QED) is 0.335. The largest absolute Gasteiger partial charge is 0.497 e. The normalized spacial score (nSPS) is 26.5. The number of carbonyl (C=O) groups excluding carboxylic acids is 3. The fraction of sp³-hybridized carbons (Fsp3) is 0.364. The van der Waals surface area contributed by atoms with Gasteiger partial charge in [0.25, 0.3) is 0 Å². The fourth-order valence-electron chi connectivity index (χ4n) is 7.01. The smallest absolute Gasteiger partial charge is 0.248 e. The molecule has 6 rings (SSSR count). The van der Waals surface area contributed by atoms with E-state index in [2.05, 4.69) is 10.6 Å². The maximum atomic E-state index is 14.4. The van der Waals surface area contributed by atoms with Crippen LogP contribution in [0.2, 0.25) is 0 Å². The van der Waals surface area contributed by atoms with Crippen LogP contribution < -0.4 is 15.4 Å². The van der Waals surface area contributed by atoms with Crippen molar-refractivity contribution >= 4 is 35.2 Å². The molecule has 3 fully saturated rings. The maximum Gasteiger partial charge on any atom is 0.248 e. The lowest BCUT2D eigenvalue weighted by Crippen LogP contribution is -2.55. The van der Waals surface area contributed by atoms with Crippen LogP contribution in [0.3, 0.4) is 0 Å². The molecule has 218 valence electrons. The molecule has 3 N–H and O–H groups in total. The van der Waals surface area contributed by atoms with E-state index in [0.717, 1.165) is 17.5 Å². The SMILES string of the molecule is COc1ccc(NC(=O)C2N([C@@H](CO)Cc3ccccc3)C(=O)[C@@H]3[C@H](C(=O)NCc4ccccc4)[C@@H]4CCC23S4)cc1. The topological polar surface area (TPSA) is 108 Å². The van der Waals surface area contributed by atoms with Crippen LogP contribution in [0.15, 0.2) is 84.9 Å². The van der Waals surface area contributed by atoms with Gasteiger partial charge in [0.05, 0.1) is 36.3 Å². The molecule has 0 aliphatic carbocycles. The second-order valence-electron chi connectivity index (χ2n) is 11.2. The van der Waals surface area contributed by atoms with Crippen molar-refractivity contribution in [3.05, 3.63) is 96.1 Å². The number of benzene rings is 3. The molecule has 2 bridgehead atoms. The summed E-state index contributed by atoms with van der Waals surface area (Å²) in [5.74, 6) is -1.21. The van der Waals surface area contributed by atoms with Crippen LogP contribution in [0.1, 0.15) is 24.0 Å². The molecule has 3 amide bonds. The Morgan fingerprint density at radius 1 is 1.00 bits per heavy atom. The summed E-state index contributed by atoms with van der Waals surface area (Å²) in [6.07, 6.45) is 1.81. The molecule has 3 aliphatic rings. The number of thioether (sulfide) groups is 1. The molecule has 9 heteroatoms. The van der Waals surface area contributed by atoms with E-state index in [-0.39, 0.29) is 29.6 Å². The van der Waals surface area contributed by atoms with Crippen LogP contribution in [0.25, 0.3) is 0 Å². The summed E-state index contributed by atoms with van der Waals surface area (Å²) < 4.78 is 4.50. The summed E-state index contributed by atoms with van der Waals surface area (Å²) in [5.41, 5.74) is 2.53. The van der Waals surface area contributed by atoms with Crippen molar-refractivity contribution in [2.45, 2.75) is 47.9 Å². The van der Waals surface area contributed by atoms with Gasteiger partial charge in [0.15, 0.2) is 0 Å². The molecular formula is C33H35N3O5S. The zero-order chi connectivity index (χ0) is 29.3. The minimum absolute atomic E-state index is 0.0464. The summed E-state index contributed by atoms with van der Waals surface area (Å²) in [6, 6.07) is 25.0. The molecule has 8 nitrogen and oxygen atoms in total. The van der Waals surface area contributed by atoms with Gasteiger partial charge >= 0.3 is 0 Å². The van der Waals surface area contributed by atoms with Gasteiger partial charge in [-0.05, 0) is 54.7 Å². The highest BCUT2D eigenvalue weighted by Gasteiger charge is 2.74. The number of hydrogen-bond acceptors (Lipinski definition) is 6. The predicted octanol–water partition coefficient (Wildman–Crippen LogP) is 3.64. The third-order valence-electron chi connectivity index (χ3n) is 8.87. The minimum atomic E-state index is -0.833. The molecule has 6 atom stereocenters. The number of nitrogens with one attached hydrogen (secondary N) is 2. The van der Waals surface area contributed by atoms with Crippen molar-refractivity contribution in [3.8, 4) is 5.75 Å². The van der Waals surface area contributed by atoms with E-state index in [9.17, 15) is 19.5 Å². The highest BCUT2D eigenvalue weighted by molar-refractivity contribution is 8.02. The summed E-state index contributed by atoms with van der Waals surface area (Å²) in [5, 5.41) is 16.6. The third-order valence-corrected chi connectivity index (χ3v) is 10.8. The first-order valence-electron chi connectivity index (χ1n) is 14.4. The third kappa shape index (κ3) is 5.05. The highest BCUT2D eigenvalue weighted by Crippen LogP contribution is 2.66. The Morgan fingerprint density at radius 3 is 2.31 bits per heavy atom. The molecule has 0 saturated carbocycles. The second kappa shape index (κ2) is 11.8. The Labute approximate surface area is 249 Å². The molecule has 2 unspecified atom stereocenters. The van der Waals surface area contributed by atoms with Crippen molar-refractivity contribution < 1.29 is 24.2 Å². The van der Waals surface area contributed by atoms with E-state index in [1.54, 1.807) is 48.0 Å². The number of ether oxygens (including phenoxy) is 1. The van der Waals surface area contributed by atoms with Gasteiger partial charge in [-0.1, -0.05) is 60.7 Å². The number of hydrogen-bond donors (Lipinski definition) is 3. The first kappa shape index (κ1) is 28.3. The molecule has 0 aromatic heterocycles. The van der Waals surface area contributed by atoms with Crippen molar-refractivity contribution in [2.24, 2.45) is 11.8 Å². The van der Waals surface area contributed by atoms with E-state index in [4.69, 9.17) is 4.74 Å². The standard InChI is InChI=1S/C33H35N3O5S/c1-41-25-14-12-23(13-15-25)35-31(39)29-33-17-16-26(42-33)27(30(38)34-19-22-10-6-3-7-11-22)28(33)32(40)36(29)24(20-37)18-21-8-4-2-5-9-21/h2-15,24,26-29,37H,16-20H2,1H3,(H,34,38)(H,35,39)/t24-,26+,27-,28+,29?,33?/m1/s1.